The van der Waals surface area contributed by atoms with Crippen molar-refractivity contribution in [3.8, 4) is 5.75 Å². The Hall–Kier alpha value is -1.06. The fourth-order valence-corrected chi connectivity index (χ4v) is 2.30. The summed E-state index contributed by atoms with van der Waals surface area (Å²) in [6, 6.07) is 8.50. The van der Waals surface area contributed by atoms with Crippen LogP contribution in [-0.4, -0.2) is 31.1 Å². The van der Waals surface area contributed by atoms with Gasteiger partial charge in [0.15, 0.2) is 0 Å². The van der Waals surface area contributed by atoms with Crippen molar-refractivity contribution < 1.29 is 4.74 Å². The van der Waals surface area contributed by atoms with Crippen LogP contribution in [0.15, 0.2) is 24.3 Å². The van der Waals surface area contributed by atoms with Gasteiger partial charge in [-0.2, -0.15) is 0 Å². The molecule has 1 aromatic rings. The molecule has 2 rings (SSSR count). The first-order valence-electron chi connectivity index (χ1n) is 5.80. The number of methoxy groups -OCH3 is 1. The maximum Gasteiger partial charge on any atom is 0.123 e. The van der Waals surface area contributed by atoms with Gasteiger partial charge in [0, 0.05) is 31.2 Å². The zero-order valence-corrected chi connectivity index (χ0v) is 10.0. The van der Waals surface area contributed by atoms with Crippen LogP contribution in [0.3, 0.4) is 0 Å². The Morgan fingerprint density at radius 2 is 2.12 bits per heavy atom. The second kappa shape index (κ2) is 4.85. The Morgan fingerprint density at radius 1 is 1.38 bits per heavy atom. The van der Waals surface area contributed by atoms with Crippen molar-refractivity contribution in [1.82, 2.24) is 4.90 Å². The highest BCUT2D eigenvalue weighted by Gasteiger charge is 2.26. The molecule has 1 heterocycles. The number of nitrogens with two attached hydrogens (primary N) is 1. The molecule has 1 aromatic carbocycles. The minimum Gasteiger partial charge on any atom is -0.496 e. The van der Waals surface area contributed by atoms with Crippen molar-refractivity contribution in [2.75, 3.05) is 20.2 Å². The summed E-state index contributed by atoms with van der Waals surface area (Å²) in [6.45, 7) is 5.22. The van der Waals surface area contributed by atoms with Crippen LogP contribution in [0.1, 0.15) is 12.5 Å². The molecule has 2 unspecified atom stereocenters. The third kappa shape index (κ3) is 2.36. The van der Waals surface area contributed by atoms with Crippen LogP contribution in [0, 0.1) is 5.92 Å². The average Bonchev–Trinajstić information content (AvgIpc) is 2.59. The number of nitrogens with zero attached hydrogens (tertiary/aromatic N) is 1. The molecule has 0 radical (unpaired) electrons. The predicted molar refractivity (Wildman–Crippen MR) is 65.4 cm³/mol. The first kappa shape index (κ1) is 11.4. The smallest absolute Gasteiger partial charge is 0.123 e. The standard InChI is InChI=1S/C13H20N2O/c1-10-7-15(9-12(10)14)8-11-5-3-4-6-13(11)16-2/h3-6,10,12H,7-9,14H2,1-2H3. The quantitative estimate of drug-likeness (QED) is 0.838. The highest BCUT2D eigenvalue weighted by molar-refractivity contribution is 5.33. The summed E-state index contributed by atoms with van der Waals surface area (Å²) in [5.41, 5.74) is 7.26. The van der Waals surface area contributed by atoms with Crippen molar-refractivity contribution in [2.24, 2.45) is 11.7 Å². The molecular weight excluding hydrogens is 200 g/mol. The van der Waals surface area contributed by atoms with Crippen molar-refractivity contribution in [3.05, 3.63) is 29.8 Å². The molecule has 16 heavy (non-hydrogen) atoms. The van der Waals surface area contributed by atoms with Crippen molar-refractivity contribution >= 4 is 0 Å². The lowest BCUT2D eigenvalue weighted by molar-refractivity contribution is 0.310. The lowest BCUT2D eigenvalue weighted by Gasteiger charge is -2.17. The van der Waals surface area contributed by atoms with E-state index in [2.05, 4.69) is 24.0 Å². The molecule has 1 saturated heterocycles. The molecule has 3 nitrogen and oxygen atoms in total. The van der Waals surface area contributed by atoms with E-state index in [4.69, 9.17) is 10.5 Å². The van der Waals surface area contributed by atoms with Crippen molar-refractivity contribution in [2.45, 2.75) is 19.5 Å². The largest absolute Gasteiger partial charge is 0.496 e. The number of ether oxygens (including phenoxy) is 1. The second-order valence-corrected chi connectivity index (χ2v) is 4.65. The zero-order valence-electron chi connectivity index (χ0n) is 10.0. The van der Waals surface area contributed by atoms with Gasteiger partial charge in [0.25, 0.3) is 0 Å². The maximum absolute atomic E-state index is 6.02. The Balaban J connectivity index is 2.04. The summed E-state index contributed by atoms with van der Waals surface area (Å²) in [5.74, 6) is 1.56. The van der Waals surface area contributed by atoms with E-state index in [1.165, 1.54) is 5.56 Å². The molecule has 0 aliphatic carbocycles. The highest BCUT2D eigenvalue weighted by Crippen LogP contribution is 2.22. The molecular formula is C13H20N2O. The summed E-state index contributed by atoms with van der Waals surface area (Å²) in [4.78, 5) is 2.40. The Labute approximate surface area is 97.2 Å². The van der Waals surface area contributed by atoms with Crippen molar-refractivity contribution in [1.29, 1.82) is 0 Å². The summed E-state index contributed by atoms with van der Waals surface area (Å²) < 4.78 is 5.35. The van der Waals surface area contributed by atoms with Gasteiger partial charge in [0.1, 0.15) is 5.75 Å². The van der Waals surface area contributed by atoms with Gasteiger partial charge in [-0.25, -0.2) is 0 Å². The fraction of sp³-hybridized carbons (Fsp3) is 0.538. The zero-order chi connectivity index (χ0) is 11.5. The monoisotopic (exact) mass is 220 g/mol. The lowest BCUT2D eigenvalue weighted by atomic mass is 10.1. The summed E-state index contributed by atoms with van der Waals surface area (Å²) >= 11 is 0. The molecule has 0 spiro atoms. The molecule has 88 valence electrons. The van der Waals surface area contributed by atoms with E-state index in [-0.39, 0.29) is 0 Å². The molecule has 2 atom stereocenters. The van der Waals surface area contributed by atoms with Gasteiger partial charge in [-0.05, 0) is 12.0 Å². The first-order chi connectivity index (χ1) is 7.70. The first-order valence-corrected chi connectivity index (χ1v) is 5.80. The average molecular weight is 220 g/mol. The third-order valence-corrected chi connectivity index (χ3v) is 3.33. The van der Waals surface area contributed by atoms with E-state index >= 15 is 0 Å². The Morgan fingerprint density at radius 3 is 2.75 bits per heavy atom. The normalized spacial score (nSPS) is 25.9. The van der Waals surface area contributed by atoms with Gasteiger partial charge < -0.3 is 10.5 Å². The maximum atomic E-state index is 6.02. The molecule has 1 fully saturated rings. The second-order valence-electron chi connectivity index (χ2n) is 4.65. The molecule has 0 amide bonds. The Bertz CT molecular complexity index is 344. The highest BCUT2D eigenvalue weighted by atomic mass is 16.5. The van der Waals surface area contributed by atoms with Gasteiger partial charge >= 0.3 is 0 Å². The lowest BCUT2D eigenvalue weighted by Crippen LogP contribution is -2.28. The van der Waals surface area contributed by atoms with Crippen LogP contribution in [0.25, 0.3) is 0 Å². The molecule has 0 aromatic heterocycles. The number of likely N-dealkylation sites (tertiary alicyclic amines) is 1. The van der Waals surface area contributed by atoms with Gasteiger partial charge in [-0.3, -0.25) is 4.90 Å². The van der Waals surface area contributed by atoms with E-state index in [1.807, 2.05) is 12.1 Å². The predicted octanol–water partition coefficient (Wildman–Crippen LogP) is 1.47. The van der Waals surface area contributed by atoms with Gasteiger partial charge in [0.2, 0.25) is 0 Å². The summed E-state index contributed by atoms with van der Waals surface area (Å²) in [6.07, 6.45) is 0. The van der Waals surface area contributed by atoms with Gasteiger partial charge in [-0.1, -0.05) is 25.1 Å². The van der Waals surface area contributed by atoms with Crippen LogP contribution in [0.4, 0.5) is 0 Å². The number of benzene rings is 1. The van der Waals surface area contributed by atoms with Crippen LogP contribution in [-0.2, 0) is 6.54 Å². The molecule has 0 bridgehead atoms. The molecule has 0 saturated carbocycles. The number of hydrogen-bond donors (Lipinski definition) is 1. The van der Waals surface area contributed by atoms with Crippen LogP contribution < -0.4 is 10.5 Å². The minimum absolute atomic E-state index is 0.315. The molecule has 2 N–H and O–H groups in total. The van der Waals surface area contributed by atoms with E-state index in [9.17, 15) is 0 Å². The van der Waals surface area contributed by atoms with E-state index in [0.29, 0.717) is 12.0 Å². The molecule has 1 aliphatic rings. The van der Waals surface area contributed by atoms with E-state index < -0.39 is 0 Å². The topological polar surface area (TPSA) is 38.5 Å². The third-order valence-electron chi connectivity index (χ3n) is 3.33. The Kier molecular flexibility index (Phi) is 3.46. The molecule has 3 heteroatoms. The summed E-state index contributed by atoms with van der Waals surface area (Å²) in [5, 5.41) is 0. The summed E-state index contributed by atoms with van der Waals surface area (Å²) in [7, 11) is 1.72. The van der Waals surface area contributed by atoms with E-state index in [1.54, 1.807) is 7.11 Å². The number of para-hydroxylation sites is 1. The van der Waals surface area contributed by atoms with Crippen LogP contribution in [0.5, 0.6) is 5.75 Å². The van der Waals surface area contributed by atoms with Gasteiger partial charge in [0.05, 0.1) is 7.11 Å². The SMILES string of the molecule is COc1ccccc1CN1CC(C)C(N)C1. The van der Waals surface area contributed by atoms with Crippen LogP contribution >= 0.6 is 0 Å². The number of rotatable bonds is 3. The van der Waals surface area contributed by atoms with Crippen LogP contribution in [0.2, 0.25) is 0 Å². The minimum atomic E-state index is 0.315. The van der Waals surface area contributed by atoms with Gasteiger partial charge in [-0.15, -0.1) is 0 Å². The van der Waals surface area contributed by atoms with Crippen molar-refractivity contribution in [3.63, 3.8) is 0 Å². The fourth-order valence-electron chi connectivity index (χ4n) is 2.30. The van der Waals surface area contributed by atoms with E-state index in [0.717, 1.165) is 25.4 Å². The molecule has 1 aliphatic heterocycles. The number of hydrogen-bond acceptors (Lipinski definition) is 3.